The molecule has 5 heteroatoms. The molecule has 1 aromatic carbocycles. The van der Waals surface area contributed by atoms with Gasteiger partial charge in [0, 0.05) is 10.9 Å². The van der Waals surface area contributed by atoms with Crippen LogP contribution >= 0.6 is 15.9 Å². The highest BCUT2D eigenvalue weighted by atomic mass is 79.9. The first-order valence-electron chi connectivity index (χ1n) is 4.33. The molecule has 0 unspecified atom stereocenters. The van der Waals surface area contributed by atoms with Gasteiger partial charge in [-0.3, -0.25) is 4.79 Å². The summed E-state index contributed by atoms with van der Waals surface area (Å²) >= 11 is 2.84. The van der Waals surface area contributed by atoms with Gasteiger partial charge in [-0.1, -0.05) is 34.1 Å². The van der Waals surface area contributed by atoms with Gasteiger partial charge in [0.1, 0.15) is 0 Å². The first kappa shape index (κ1) is 13.0. The first-order chi connectivity index (χ1) is 7.45. The lowest BCUT2D eigenvalue weighted by Gasteiger charge is -2.09. The van der Waals surface area contributed by atoms with E-state index in [-0.39, 0.29) is 10.9 Å². The lowest BCUT2D eigenvalue weighted by molar-refractivity contribution is -0.138. The Morgan fingerprint density at radius 1 is 1.38 bits per heavy atom. The number of hydrogen-bond donors (Lipinski definition) is 0. The molecule has 0 N–H and O–H groups in total. The maximum Gasteiger partial charge on any atom is 0.417 e. The van der Waals surface area contributed by atoms with Gasteiger partial charge in [0.15, 0.2) is 0 Å². The number of halogens is 4. The Hall–Kier alpha value is -1.10. The number of rotatable bonds is 3. The van der Waals surface area contributed by atoms with Crippen LogP contribution < -0.4 is 0 Å². The van der Waals surface area contributed by atoms with Crippen LogP contribution in [0, 0.1) is 0 Å². The van der Waals surface area contributed by atoms with E-state index in [1.807, 2.05) is 0 Å². The average Bonchev–Trinajstić information content (AvgIpc) is 2.19. The van der Waals surface area contributed by atoms with Crippen molar-refractivity contribution in [1.82, 2.24) is 0 Å². The zero-order valence-electron chi connectivity index (χ0n) is 8.01. The van der Waals surface area contributed by atoms with Crippen molar-refractivity contribution in [2.75, 3.05) is 0 Å². The summed E-state index contributed by atoms with van der Waals surface area (Å²) in [7, 11) is 0. The smallest absolute Gasteiger partial charge is 0.291 e. The molecule has 0 aliphatic carbocycles. The maximum absolute atomic E-state index is 12.5. The third-order valence-electron chi connectivity index (χ3n) is 1.81. The van der Waals surface area contributed by atoms with Crippen LogP contribution in [-0.2, 0) is 11.0 Å². The summed E-state index contributed by atoms with van der Waals surface area (Å²) in [5.74, 6) is 0. The van der Waals surface area contributed by atoms with Gasteiger partial charge in [0.2, 0.25) is 6.29 Å². The summed E-state index contributed by atoms with van der Waals surface area (Å²) in [6, 6.07) is 3.87. The van der Waals surface area contributed by atoms with Crippen LogP contribution in [0.4, 0.5) is 13.2 Å². The summed E-state index contributed by atoms with van der Waals surface area (Å²) in [5.41, 5.74) is -0.337. The van der Waals surface area contributed by atoms with E-state index < -0.39 is 11.7 Å². The molecule has 0 amide bonds. The number of carbonyl (C=O) groups excluding carboxylic acids is 1. The highest BCUT2D eigenvalue weighted by molar-refractivity contribution is 9.10. The molecular weight excluding hydrogens is 285 g/mol. The molecule has 16 heavy (non-hydrogen) atoms. The van der Waals surface area contributed by atoms with E-state index in [0.717, 1.165) is 6.07 Å². The van der Waals surface area contributed by atoms with Crippen molar-refractivity contribution >= 4 is 28.3 Å². The predicted molar refractivity (Wildman–Crippen MR) is 58.5 cm³/mol. The summed E-state index contributed by atoms with van der Waals surface area (Å²) in [6.45, 7) is 0. The van der Waals surface area contributed by atoms with E-state index in [1.54, 1.807) is 6.29 Å². The lowest BCUT2D eigenvalue weighted by atomic mass is 10.1. The van der Waals surface area contributed by atoms with E-state index >= 15 is 0 Å². The number of hydrogen-bond acceptors (Lipinski definition) is 1. The van der Waals surface area contributed by atoms with E-state index in [9.17, 15) is 18.0 Å². The summed E-state index contributed by atoms with van der Waals surface area (Å²) in [5, 5.41) is 0. The molecule has 0 bridgehead atoms. The monoisotopic (exact) mass is 291 g/mol. The summed E-state index contributed by atoms with van der Waals surface area (Å²) in [4.78, 5) is 9.91. The number of benzene rings is 1. The van der Waals surface area contributed by atoms with Crippen molar-refractivity contribution in [3.63, 3.8) is 0 Å². The third-order valence-corrected chi connectivity index (χ3v) is 2.50. The van der Waals surface area contributed by atoms with Gasteiger partial charge in [-0.2, -0.15) is 13.2 Å². The van der Waals surface area contributed by atoms with Crippen LogP contribution in [0.15, 0.2) is 28.7 Å². The van der Waals surface area contributed by atoms with Crippen LogP contribution in [0.3, 0.4) is 0 Å². The molecular formula is C11H7BrF3O. The Morgan fingerprint density at radius 2 is 2.06 bits per heavy atom. The summed E-state index contributed by atoms with van der Waals surface area (Å²) in [6.07, 6.45) is 0.209. The SMILES string of the molecule is O=[C]C/C=C/c1ccc(Br)c(C(F)(F)F)c1. The van der Waals surface area contributed by atoms with Crippen LogP contribution in [0.1, 0.15) is 17.5 Å². The Labute approximate surface area is 99.1 Å². The fourth-order valence-electron chi connectivity index (χ4n) is 1.11. The third kappa shape index (κ3) is 3.48. The number of alkyl halides is 3. The van der Waals surface area contributed by atoms with Crippen LogP contribution in [0.5, 0.6) is 0 Å². The Bertz CT molecular complexity index is 410. The van der Waals surface area contributed by atoms with E-state index in [4.69, 9.17) is 0 Å². The number of allylic oxidation sites excluding steroid dienone is 1. The van der Waals surface area contributed by atoms with Gasteiger partial charge in [-0.05, 0) is 17.7 Å². The zero-order valence-corrected chi connectivity index (χ0v) is 9.60. The van der Waals surface area contributed by atoms with E-state index in [2.05, 4.69) is 15.9 Å². The maximum atomic E-state index is 12.5. The predicted octanol–water partition coefficient (Wildman–Crippen LogP) is 3.98. The second kappa shape index (κ2) is 5.30. The van der Waals surface area contributed by atoms with E-state index in [1.165, 1.54) is 24.3 Å². The van der Waals surface area contributed by atoms with Crippen LogP contribution in [0.2, 0.25) is 0 Å². The van der Waals surface area contributed by atoms with Gasteiger partial charge >= 0.3 is 6.18 Å². The molecule has 0 atom stereocenters. The Kier molecular flexibility index (Phi) is 4.29. The molecule has 0 aromatic heterocycles. The molecule has 0 heterocycles. The average molecular weight is 292 g/mol. The van der Waals surface area contributed by atoms with Crippen LogP contribution in [0.25, 0.3) is 6.08 Å². The molecule has 0 aliphatic rings. The molecule has 1 aromatic rings. The van der Waals surface area contributed by atoms with Crippen LogP contribution in [-0.4, -0.2) is 6.29 Å². The molecule has 1 rings (SSSR count). The van der Waals surface area contributed by atoms with Gasteiger partial charge < -0.3 is 0 Å². The van der Waals surface area contributed by atoms with Crippen molar-refractivity contribution < 1.29 is 18.0 Å². The Morgan fingerprint density at radius 3 is 2.62 bits per heavy atom. The molecule has 85 valence electrons. The Balaban J connectivity index is 3.03. The van der Waals surface area contributed by atoms with Crippen molar-refractivity contribution in [3.05, 3.63) is 39.9 Å². The minimum atomic E-state index is -4.39. The quantitative estimate of drug-likeness (QED) is 0.823. The minimum Gasteiger partial charge on any atom is -0.291 e. The second-order valence-corrected chi connectivity index (χ2v) is 3.84. The molecule has 0 saturated carbocycles. The lowest BCUT2D eigenvalue weighted by Crippen LogP contribution is -2.06. The van der Waals surface area contributed by atoms with Gasteiger partial charge in [0.25, 0.3) is 0 Å². The topological polar surface area (TPSA) is 17.1 Å². The van der Waals surface area contributed by atoms with Gasteiger partial charge in [0.05, 0.1) is 5.56 Å². The molecule has 0 spiro atoms. The normalized spacial score (nSPS) is 12.0. The van der Waals surface area contributed by atoms with E-state index in [0.29, 0.717) is 5.56 Å². The highest BCUT2D eigenvalue weighted by Crippen LogP contribution is 2.35. The summed E-state index contributed by atoms with van der Waals surface area (Å²) < 4.78 is 37.5. The first-order valence-corrected chi connectivity index (χ1v) is 5.12. The fraction of sp³-hybridized carbons (Fsp3) is 0.182. The molecule has 1 radical (unpaired) electrons. The zero-order chi connectivity index (χ0) is 12.2. The van der Waals surface area contributed by atoms with Crippen molar-refractivity contribution in [2.45, 2.75) is 12.6 Å². The molecule has 1 nitrogen and oxygen atoms in total. The standard InChI is InChI=1S/C11H7BrF3O/c12-10-5-4-8(3-1-2-6-16)7-9(10)11(13,14)15/h1,3-5,7H,2H2/b3-1+. The van der Waals surface area contributed by atoms with Crippen molar-refractivity contribution in [1.29, 1.82) is 0 Å². The molecule has 0 aliphatic heterocycles. The minimum absolute atomic E-state index is 0.000833. The second-order valence-electron chi connectivity index (χ2n) is 2.99. The highest BCUT2D eigenvalue weighted by Gasteiger charge is 2.32. The fourth-order valence-corrected chi connectivity index (χ4v) is 1.58. The van der Waals surface area contributed by atoms with Gasteiger partial charge in [-0.25, -0.2) is 0 Å². The molecule has 0 fully saturated rings. The van der Waals surface area contributed by atoms with Crippen molar-refractivity contribution in [2.24, 2.45) is 0 Å². The molecule has 0 saturated heterocycles. The van der Waals surface area contributed by atoms with Gasteiger partial charge in [-0.15, -0.1) is 0 Å². The largest absolute Gasteiger partial charge is 0.417 e. The van der Waals surface area contributed by atoms with Crippen molar-refractivity contribution in [3.8, 4) is 0 Å².